The summed E-state index contributed by atoms with van der Waals surface area (Å²) < 4.78 is 45.6. The zero-order valence-electron chi connectivity index (χ0n) is 14.5. The van der Waals surface area contributed by atoms with Gasteiger partial charge in [-0.1, -0.05) is 24.3 Å². The molecule has 2 rings (SSSR count). The van der Waals surface area contributed by atoms with Crippen molar-refractivity contribution in [3.05, 3.63) is 65.2 Å². The van der Waals surface area contributed by atoms with Crippen LogP contribution in [0.5, 0.6) is 5.75 Å². The first-order valence-electron chi connectivity index (χ1n) is 8.06. The van der Waals surface area contributed by atoms with E-state index in [1.165, 1.54) is 24.3 Å². The quantitative estimate of drug-likeness (QED) is 0.787. The molecule has 0 aliphatic heterocycles. The molecule has 0 aliphatic carbocycles. The van der Waals surface area contributed by atoms with E-state index in [0.717, 1.165) is 5.56 Å². The molecule has 0 saturated heterocycles. The molecule has 0 fully saturated rings. The highest BCUT2D eigenvalue weighted by atomic mass is 19.4. The number of benzene rings is 2. The lowest BCUT2D eigenvalue weighted by atomic mass is 10.1. The lowest BCUT2D eigenvalue weighted by molar-refractivity contribution is -0.274. The number of carbonyl (C=O) groups excluding carboxylic acids is 1. The Bertz CT molecular complexity index is 710. The third kappa shape index (κ3) is 6.76. The van der Waals surface area contributed by atoms with E-state index in [-0.39, 0.29) is 24.3 Å². The van der Waals surface area contributed by atoms with E-state index < -0.39 is 6.36 Å². The summed E-state index contributed by atoms with van der Waals surface area (Å²) in [6.45, 7) is 4.57. The Morgan fingerprint density at radius 3 is 2.12 bits per heavy atom. The van der Waals surface area contributed by atoms with E-state index in [1.807, 2.05) is 26.0 Å². The molecule has 2 aromatic rings. The summed E-state index contributed by atoms with van der Waals surface area (Å²) in [5.41, 5.74) is 2.13. The number of ether oxygens (including phenoxy) is 2. The number of carbonyl (C=O) groups is 1. The van der Waals surface area contributed by atoms with Crippen molar-refractivity contribution in [3.8, 4) is 5.75 Å². The van der Waals surface area contributed by atoms with Crippen LogP contribution >= 0.6 is 0 Å². The zero-order chi connectivity index (χ0) is 19.2. The molecule has 26 heavy (non-hydrogen) atoms. The van der Waals surface area contributed by atoms with Gasteiger partial charge in [-0.25, -0.2) is 0 Å². The van der Waals surface area contributed by atoms with Gasteiger partial charge >= 0.3 is 6.36 Å². The molecule has 0 unspecified atom stereocenters. The van der Waals surface area contributed by atoms with Gasteiger partial charge in [0.15, 0.2) is 0 Å². The molecule has 0 bridgehead atoms. The Hall–Kier alpha value is -2.54. The van der Waals surface area contributed by atoms with Crippen LogP contribution < -0.4 is 10.1 Å². The highest BCUT2D eigenvalue weighted by molar-refractivity contribution is 5.94. The lowest BCUT2D eigenvalue weighted by Crippen LogP contribution is -2.22. The molecule has 0 aromatic heterocycles. The van der Waals surface area contributed by atoms with Gasteiger partial charge in [0.05, 0.1) is 12.7 Å². The van der Waals surface area contributed by atoms with Crippen LogP contribution in [0.25, 0.3) is 0 Å². The average Bonchev–Trinajstić information content (AvgIpc) is 2.58. The first kappa shape index (κ1) is 19.8. The summed E-state index contributed by atoms with van der Waals surface area (Å²) in [5, 5.41) is 2.72. The van der Waals surface area contributed by atoms with Crippen LogP contribution in [0.1, 0.15) is 35.3 Å². The lowest BCUT2D eigenvalue weighted by Gasteiger charge is -2.10. The van der Waals surface area contributed by atoms with Gasteiger partial charge in [0, 0.05) is 12.1 Å². The van der Waals surface area contributed by atoms with Crippen molar-refractivity contribution in [2.24, 2.45) is 0 Å². The number of alkyl halides is 3. The van der Waals surface area contributed by atoms with Gasteiger partial charge in [0.2, 0.25) is 0 Å². The van der Waals surface area contributed by atoms with Gasteiger partial charge in [-0.3, -0.25) is 4.79 Å². The average molecular weight is 367 g/mol. The molecule has 140 valence electrons. The maximum Gasteiger partial charge on any atom is 0.573 e. The Kier molecular flexibility index (Phi) is 6.63. The highest BCUT2D eigenvalue weighted by Gasteiger charge is 2.30. The highest BCUT2D eigenvalue weighted by Crippen LogP contribution is 2.22. The van der Waals surface area contributed by atoms with Crippen LogP contribution in [0.3, 0.4) is 0 Å². The second-order valence-electron chi connectivity index (χ2n) is 5.93. The van der Waals surface area contributed by atoms with Crippen LogP contribution in [0.2, 0.25) is 0 Å². The predicted molar refractivity (Wildman–Crippen MR) is 90.7 cm³/mol. The van der Waals surface area contributed by atoms with E-state index >= 15 is 0 Å². The van der Waals surface area contributed by atoms with E-state index in [2.05, 4.69) is 10.1 Å². The molecular weight excluding hydrogens is 347 g/mol. The Balaban J connectivity index is 1.86. The summed E-state index contributed by atoms with van der Waals surface area (Å²) in [6, 6.07) is 12.4. The van der Waals surface area contributed by atoms with Crippen LogP contribution in [0, 0.1) is 0 Å². The van der Waals surface area contributed by atoms with E-state index in [4.69, 9.17) is 4.74 Å². The fraction of sp³-hybridized carbons (Fsp3) is 0.316. The Morgan fingerprint density at radius 2 is 1.58 bits per heavy atom. The summed E-state index contributed by atoms with van der Waals surface area (Å²) >= 11 is 0. The normalized spacial score (nSPS) is 11.5. The Labute approximate surface area is 149 Å². The molecule has 0 atom stereocenters. The first-order chi connectivity index (χ1) is 12.2. The van der Waals surface area contributed by atoms with Crippen molar-refractivity contribution in [1.29, 1.82) is 0 Å². The van der Waals surface area contributed by atoms with Crippen LogP contribution in [-0.2, 0) is 17.9 Å². The maximum absolute atomic E-state index is 12.1. The smallest absolute Gasteiger partial charge is 0.406 e. The second kappa shape index (κ2) is 8.71. The summed E-state index contributed by atoms with van der Waals surface area (Å²) in [4.78, 5) is 12.1. The molecule has 2 aromatic carbocycles. The van der Waals surface area contributed by atoms with Crippen molar-refractivity contribution >= 4 is 5.91 Å². The molecule has 1 amide bonds. The van der Waals surface area contributed by atoms with Crippen molar-refractivity contribution in [2.75, 3.05) is 0 Å². The molecule has 0 spiro atoms. The van der Waals surface area contributed by atoms with Crippen LogP contribution in [0.4, 0.5) is 13.2 Å². The molecule has 4 nitrogen and oxygen atoms in total. The van der Waals surface area contributed by atoms with Crippen LogP contribution in [-0.4, -0.2) is 18.4 Å². The van der Waals surface area contributed by atoms with E-state index in [1.54, 1.807) is 12.1 Å². The van der Waals surface area contributed by atoms with Gasteiger partial charge in [-0.05, 0) is 49.2 Å². The van der Waals surface area contributed by atoms with E-state index in [0.29, 0.717) is 17.7 Å². The van der Waals surface area contributed by atoms with E-state index in [9.17, 15) is 18.0 Å². The molecule has 1 N–H and O–H groups in total. The molecule has 0 heterocycles. The number of amides is 1. The number of halogens is 3. The minimum Gasteiger partial charge on any atom is -0.406 e. The monoisotopic (exact) mass is 367 g/mol. The first-order valence-corrected chi connectivity index (χ1v) is 8.06. The minimum atomic E-state index is -4.72. The molecular formula is C19H20F3NO3. The molecule has 7 heteroatoms. The molecule has 0 saturated carbocycles. The fourth-order valence-corrected chi connectivity index (χ4v) is 2.11. The van der Waals surface area contributed by atoms with Gasteiger partial charge in [0.25, 0.3) is 5.91 Å². The Morgan fingerprint density at radius 1 is 1.00 bits per heavy atom. The standard InChI is InChI=1S/C19H20F3NO3/c1-13(2)25-12-15-3-7-16(8-4-15)18(24)23-11-14-5-9-17(10-6-14)26-19(20,21)22/h3-10,13H,11-12H2,1-2H3,(H,23,24). The zero-order valence-corrected chi connectivity index (χ0v) is 14.5. The topological polar surface area (TPSA) is 47.6 Å². The number of hydrogen-bond donors (Lipinski definition) is 1. The van der Waals surface area contributed by atoms with Gasteiger partial charge in [-0.15, -0.1) is 13.2 Å². The number of nitrogens with one attached hydrogen (secondary N) is 1. The summed E-state index contributed by atoms with van der Waals surface area (Å²) in [6.07, 6.45) is -4.59. The van der Waals surface area contributed by atoms with Gasteiger partial charge in [-0.2, -0.15) is 0 Å². The minimum absolute atomic E-state index is 0.130. The van der Waals surface area contributed by atoms with Crippen molar-refractivity contribution in [1.82, 2.24) is 5.32 Å². The SMILES string of the molecule is CC(C)OCc1ccc(C(=O)NCc2ccc(OC(F)(F)F)cc2)cc1. The van der Waals surface area contributed by atoms with Crippen molar-refractivity contribution in [2.45, 2.75) is 39.5 Å². The molecule has 0 radical (unpaired) electrons. The van der Waals surface area contributed by atoms with Crippen molar-refractivity contribution in [3.63, 3.8) is 0 Å². The van der Waals surface area contributed by atoms with Crippen molar-refractivity contribution < 1.29 is 27.4 Å². The third-order valence-corrected chi connectivity index (χ3v) is 3.41. The number of rotatable bonds is 7. The fourth-order valence-electron chi connectivity index (χ4n) is 2.11. The number of hydrogen-bond acceptors (Lipinski definition) is 3. The third-order valence-electron chi connectivity index (χ3n) is 3.41. The summed E-state index contributed by atoms with van der Waals surface area (Å²) in [7, 11) is 0. The maximum atomic E-state index is 12.1. The van der Waals surface area contributed by atoms with Gasteiger partial charge < -0.3 is 14.8 Å². The largest absolute Gasteiger partial charge is 0.573 e. The van der Waals surface area contributed by atoms with Gasteiger partial charge in [0.1, 0.15) is 5.75 Å². The van der Waals surface area contributed by atoms with Crippen LogP contribution in [0.15, 0.2) is 48.5 Å². The second-order valence-corrected chi connectivity index (χ2v) is 5.93. The molecule has 0 aliphatic rings. The summed E-state index contributed by atoms with van der Waals surface area (Å²) in [5.74, 6) is -0.566. The predicted octanol–water partition coefficient (Wildman–Crippen LogP) is 4.44.